The Balaban J connectivity index is 0.00000176. The van der Waals surface area contributed by atoms with Crippen LogP contribution in [0.15, 0.2) is 24.5 Å². The monoisotopic (exact) mass is 323 g/mol. The molecule has 1 aromatic heterocycles. The Bertz CT molecular complexity index is 426. The molecular formula is C18H30ClN3. The van der Waals surface area contributed by atoms with Crippen LogP contribution in [0.1, 0.15) is 50.6 Å². The van der Waals surface area contributed by atoms with Crippen LogP contribution in [0, 0.1) is 11.8 Å². The first-order chi connectivity index (χ1) is 10.4. The lowest BCUT2D eigenvalue weighted by Crippen LogP contribution is -2.48. The zero-order valence-electron chi connectivity index (χ0n) is 13.7. The minimum Gasteiger partial charge on any atom is -0.314 e. The smallest absolute Gasteiger partial charge is 0.0488 e. The molecule has 1 saturated heterocycles. The van der Waals surface area contributed by atoms with Gasteiger partial charge in [-0.3, -0.25) is 9.88 Å². The van der Waals surface area contributed by atoms with E-state index in [0.29, 0.717) is 6.04 Å². The molecule has 2 aliphatic rings. The Hall–Kier alpha value is -0.640. The lowest BCUT2D eigenvalue weighted by atomic mass is 9.79. The average molecular weight is 324 g/mol. The highest BCUT2D eigenvalue weighted by molar-refractivity contribution is 5.85. The van der Waals surface area contributed by atoms with Gasteiger partial charge in [0.25, 0.3) is 0 Å². The largest absolute Gasteiger partial charge is 0.314 e. The summed E-state index contributed by atoms with van der Waals surface area (Å²) in [4.78, 5) is 7.02. The number of aromatic nitrogens is 1. The third-order valence-electron chi connectivity index (χ3n) is 5.38. The first kappa shape index (κ1) is 17.7. The summed E-state index contributed by atoms with van der Waals surface area (Å²) in [5.41, 5.74) is 1.37. The maximum atomic E-state index is 4.31. The van der Waals surface area contributed by atoms with E-state index < -0.39 is 0 Å². The molecule has 124 valence electrons. The normalized spacial score (nSPS) is 29.8. The zero-order chi connectivity index (χ0) is 14.5. The van der Waals surface area contributed by atoms with Crippen LogP contribution in [0.4, 0.5) is 0 Å². The SMILES string of the molecule is CCC1CCCC(CN2CCNCC2c2cccnc2)C1.Cl. The third-order valence-corrected chi connectivity index (χ3v) is 5.38. The molecule has 3 nitrogen and oxygen atoms in total. The minimum atomic E-state index is 0. The van der Waals surface area contributed by atoms with Gasteiger partial charge in [0.1, 0.15) is 0 Å². The summed E-state index contributed by atoms with van der Waals surface area (Å²) in [6.45, 7) is 7.00. The molecule has 2 fully saturated rings. The summed E-state index contributed by atoms with van der Waals surface area (Å²) in [5.74, 6) is 1.88. The second-order valence-corrected chi connectivity index (χ2v) is 6.81. The number of pyridine rings is 1. The molecule has 0 spiro atoms. The van der Waals surface area contributed by atoms with Crippen molar-refractivity contribution in [3.8, 4) is 0 Å². The minimum absolute atomic E-state index is 0. The van der Waals surface area contributed by atoms with Crippen molar-refractivity contribution >= 4 is 12.4 Å². The Morgan fingerprint density at radius 3 is 2.95 bits per heavy atom. The summed E-state index contributed by atoms with van der Waals surface area (Å²) in [6, 6.07) is 4.80. The van der Waals surface area contributed by atoms with Crippen LogP contribution >= 0.6 is 12.4 Å². The van der Waals surface area contributed by atoms with Gasteiger partial charge in [-0.1, -0.05) is 32.3 Å². The van der Waals surface area contributed by atoms with Crippen molar-refractivity contribution in [2.75, 3.05) is 26.2 Å². The number of hydrogen-bond acceptors (Lipinski definition) is 3. The number of nitrogens with zero attached hydrogens (tertiary/aromatic N) is 2. The fourth-order valence-corrected chi connectivity index (χ4v) is 4.14. The first-order valence-corrected chi connectivity index (χ1v) is 8.71. The maximum Gasteiger partial charge on any atom is 0.0488 e. The molecule has 3 rings (SSSR count). The summed E-state index contributed by atoms with van der Waals surface area (Å²) in [5, 5.41) is 3.55. The van der Waals surface area contributed by atoms with Gasteiger partial charge in [0, 0.05) is 44.6 Å². The molecule has 1 N–H and O–H groups in total. The number of hydrogen-bond donors (Lipinski definition) is 1. The van der Waals surface area contributed by atoms with Gasteiger partial charge in [0.05, 0.1) is 0 Å². The molecule has 0 radical (unpaired) electrons. The highest BCUT2D eigenvalue weighted by Crippen LogP contribution is 2.33. The van der Waals surface area contributed by atoms with E-state index in [9.17, 15) is 0 Å². The van der Waals surface area contributed by atoms with Gasteiger partial charge in [-0.05, 0) is 36.3 Å². The lowest BCUT2D eigenvalue weighted by Gasteiger charge is -2.40. The predicted molar refractivity (Wildman–Crippen MR) is 94.4 cm³/mol. The van der Waals surface area contributed by atoms with Crippen molar-refractivity contribution in [2.45, 2.75) is 45.1 Å². The first-order valence-electron chi connectivity index (χ1n) is 8.71. The second kappa shape index (κ2) is 8.85. The zero-order valence-corrected chi connectivity index (χ0v) is 14.5. The van der Waals surface area contributed by atoms with E-state index in [1.165, 1.54) is 50.8 Å². The Kier molecular flexibility index (Phi) is 7.13. The van der Waals surface area contributed by atoms with Gasteiger partial charge in [-0.25, -0.2) is 0 Å². The second-order valence-electron chi connectivity index (χ2n) is 6.81. The highest BCUT2D eigenvalue weighted by Gasteiger charge is 2.28. The van der Waals surface area contributed by atoms with E-state index in [2.05, 4.69) is 34.3 Å². The molecule has 0 amide bonds. The molecule has 1 aliphatic carbocycles. The van der Waals surface area contributed by atoms with Crippen molar-refractivity contribution < 1.29 is 0 Å². The molecule has 0 bridgehead atoms. The number of nitrogens with one attached hydrogen (secondary N) is 1. The highest BCUT2D eigenvalue weighted by atomic mass is 35.5. The van der Waals surface area contributed by atoms with Crippen LogP contribution in [0.2, 0.25) is 0 Å². The van der Waals surface area contributed by atoms with Crippen LogP contribution < -0.4 is 5.32 Å². The van der Waals surface area contributed by atoms with Crippen molar-refractivity contribution in [1.82, 2.24) is 15.2 Å². The van der Waals surface area contributed by atoms with Crippen LogP contribution in [-0.4, -0.2) is 36.1 Å². The topological polar surface area (TPSA) is 28.2 Å². The van der Waals surface area contributed by atoms with Gasteiger partial charge in [0.2, 0.25) is 0 Å². The van der Waals surface area contributed by atoms with Gasteiger partial charge in [-0.2, -0.15) is 0 Å². The van der Waals surface area contributed by atoms with Gasteiger partial charge >= 0.3 is 0 Å². The summed E-state index contributed by atoms with van der Waals surface area (Å²) in [7, 11) is 0. The van der Waals surface area contributed by atoms with Crippen LogP contribution in [0.25, 0.3) is 0 Å². The maximum absolute atomic E-state index is 4.31. The van der Waals surface area contributed by atoms with Crippen molar-refractivity contribution in [3.05, 3.63) is 30.1 Å². The number of rotatable bonds is 4. The van der Waals surface area contributed by atoms with Crippen molar-refractivity contribution in [1.29, 1.82) is 0 Å². The quantitative estimate of drug-likeness (QED) is 0.916. The van der Waals surface area contributed by atoms with Crippen LogP contribution in [0.5, 0.6) is 0 Å². The van der Waals surface area contributed by atoms with Gasteiger partial charge < -0.3 is 5.32 Å². The molecule has 0 aromatic carbocycles. The fourth-order valence-electron chi connectivity index (χ4n) is 4.14. The van der Waals surface area contributed by atoms with Crippen molar-refractivity contribution in [2.24, 2.45) is 11.8 Å². The van der Waals surface area contributed by atoms with Crippen LogP contribution in [0.3, 0.4) is 0 Å². The lowest BCUT2D eigenvalue weighted by molar-refractivity contribution is 0.111. The summed E-state index contributed by atoms with van der Waals surface area (Å²) >= 11 is 0. The Labute approximate surface area is 141 Å². The molecule has 1 saturated carbocycles. The molecule has 3 atom stereocenters. The molecular weight excluding hydrogens is 294 g/mol. The molecule has 4 heteroatoms. The van der Waals surface area contributed by atoms with Crippen molar-refractivity contribution in [3.63, 3.8) is 0 Å². The fraction of sp³-hybridized carbons (Fsp3) is 0.722. The average Bonchev–Trinajstić information content (AvgIpc) is 2.56. The van der Waals surface area contributed by atoms with E-state index in [1.807, 2.05) is 12.4 Å². The Morgan fingerprint density at radius 1 is 1.32 bits per heavy atom. The summed E-state index contributed by atoms with van der Waals surface area (Å²) in [6.07, 6.45) is 11.1. The molecule has 2 heterocycles. The third kappa shape index (κ3) is 4.43. The summed E-state index contributed by atoms with van der Waals surface area (Å²) < 4.78 is 0. The molecule has 3 unspecified atom stereocenters. The molecule has 1 aliphatic heterocycles. The molecule has 22 heavy (non-hydrogen) atoms. The predicted octanol–water partition coefficient (Wildman–Crippen LogP) is 3.67. The van der Waals surface area contributed by atoms with E-state index in [-0.39, 0.29) is 12.4 Å². The van der Waals surface area contributed by atoms with Gasteiger partial charge in [0.15, 0.2) is 0 Å². The number of piperazine rings is 1. The van der Waals surface area contributed by atoms with Gasteiger partial charge in [-0.15, -0.1) is 12.4 Å². The van der Waals surface area contributed by atoms with E-state index in [0.717, 1.165) is 24.9 Å². The van der Waals surface area contributed by atoms with E-state index in [1.54, 1.807) is 0 Å². The standard InChI is InChI=1S/C18H29N3.ClH/c1-2-15-5-3-6-16(11-15)14-21-10-9-20-13-18(21)17-7-4-8-19-12-17;/h4,7-8,12,15-16,18,20H,2-3,5-6,9-11,13-14H2,1H3;1H. The van der Waals surface area contributed by atoms with E-state index in [4.69, 9.17) is 0 Å². The Morgan fingerprint density at radius 2 is 2.18 bits per heavy atom. The molecule has 1 aromatic rings. The number of halogens is 1. The van der Waals surface area contributed by atoms with E-state index >= 15 is 0 Å². The van der Waals surface area contributed by atoms with Crippen LogP contribution in [-0.2, 0) is 0 Å².